The van der Waals surface area contributed by atoms with Gasteiger partial charge in [-0.1, -0.05) is 29.8 Å². The van der Waals surface area contributed by atoms with Crippen LogP contribution in [0.4, 0.5) is 13.2 Å². The second-order valence-corrected chi connectivity index (χ2v) is 5.36. The topological polar surface area (TPSA) is 21.3 Å². The van der Waals surface area contributed by atoms with E-state index in [2.05, 4.69) is 21.2 Å². The molecule has 0 bridgehead atoms. The van der Waals surface area contributed by atoms with Crippen LogP contribution in [0.2, 0.25) is 0 Å². The van der Waals surface area contributed by atoms with Crippen molar-refractivity contribution in [2.24, 2.45) is 0 Å². The van der Waals surface area contributed by atoms with Gasteiger partial charge in [-0.25, -0.2) is 0 Å². The Bertz CT molecular complexity index is 407. The van der Waals surface area contributed by atoms with Crippen molar-refractivity contribution in [1.29, 1.82) is 0 Å². The fourth-order valence-electron chi connectivity index (χ4n) is 1.38. The normalized spacial score (nSPS) is 11.9. The fraction of sp³-hybridized carbons (Fsp3) is 0.538. The van der Waals surface area contributed by atoms with E-state index < -0.39 is 12.6 Å². The Balaban J connectivity index is 2.57. The highest BCUT2D eigenvalue weighted by Crippen LogP contribution is 2.24. The van der Waals surface area contributed by atoms with E-state index in [1.807, 2.05) is 13.8 Å². The van der Waals surface area contributed by atoms with Crippen LogP contribution in [0.25, 0.3) is 0 Å². The van der Waals surface area contributed by atoms with Gasteiger partial charge < -0.3 is 10.1 Å². The molecule has 0 spiro atoms. The van der Waals surface area contributed by atoms with Crippen molar-refractivity contribution in [3.63, 3.8) is 0 Å². The summed E-state index contributed by atoms with van der Waals surface area (Å²) in [6, 6.07) is 5.51. The molecule has 0 unspecified atom stereocenters. The van der Waals surface area contributed by atoms with Crippen LogP contribution in [0, 0.1) is 0 Å². The van der Waals surface area contributed by atoms with E-state index >= 15 is 0 Å². The molecule has 0 amide bonds. The zero-order chi connectivity index (χ0) is 14.5. The van der Waals surface area contributed by atoms with Crippen molar-refractivity contribution in [3.05, 3.63) is 28.2 Å². The summed E-state index contributed by atoms with van der Waals surface area (Å²) in [5, 5.41) is 3.24. The lowest BCUT2D eigenvalue weighted by Crippen LogP contribution is -2.22. The predicted molar refractivity (Wildman–Crippen MR) is 72.3 cm³/mol. The SMILES string of the molecule is CC(C)NCc1cc(OCCC(F)(F)F)ccc1Br. The lowest BCUT2D eigenvalue weighted by atomic mass is 10.2. The van der Waals surface area contributed by atoms with E-state index in [4.69, 9.17) is 4.74 Å². The standard InChI is InChI=1S/C13H17BrF3NO/c1-9(2)18-8-10-7-11(3-4-12(10)14)19-6-5-13(15,16)17/h3-4,7,9,18H,5-6,8H2,1-2H3. The summed E-state index contributed by atoms with van der Waals surface area (Å²) >= 11 is 3.40. The molecule has 0 fully saturated rings. The largest absolute Gasteiger partial charge is 0.493 e. The Kier molecular flexibility index (Phi) is 6.13. The highest BCUT2D eigenvalue weighted by Gasteiger charge is 2.26. The van der Waals surface area contributed by atoms with Crippen LogP contribution in [-0.2, 0) is 6.54 Å². The van der Waals surface area contributed by atoms with Gasteiger partial charge in [-0.15, -0.1) is 0 Å². The Morgan fingerprint density at radius 3 is 2.58 bits per heavy atom. The van der Waals surface area contributed by atoms with E-state index in [1.54, 1.807) is 18.2 Å². The molecule has 19 heavy (non-hydrogen) atoms. The molecule has 1 rings (SSSR count). The van der Waals surface area contributed by atoms with Gasteiger partial charge in [0, 0.05) is 17.1 Å². The third-order valence-corrected chi connectivity index (χ3v) is 3.15. The van der Waals surface area contributed by atoms with Crippen molar-refractivity contribution in [3.8, 4) is 5.75 Å². The molecule has 0 aliphatic rings. The zero-order valence-corrected chi connectivity index (χ0v) is 12.4. The molecule has 2 nitrogen and oxygen atoms in total. The van der Waals surface area contributed by atoms with Gasteiger partial charge in [0.2, 0.25) is 0 Å². The first-order valence-corrected chi connectivity index (χ1v) is 6.78. The Morgan fingerprint density at radius 1 is 1.32 bits per heavy atom. The molecule has 0 aromatic heterocycles. The van der Waals surface area contributed by atoms with Crippen molar-refractivity contribution < 1.29 is 17.9 Å². The minimum absolute atomic E-state index is 0.335. The quantitative estimate of drug-likeness (QED) is 0.835. The van der Waals surface area contributed by atoms with Gasteiger partial charge in [-0.3, -0.25) is 0 Å². The van der Waals surface area contributed by atoms with Gasteiger partial charge in [0.15, 0.2) is 0 Å². The number of hydrogen-bond donors (Lipinski definition) is 1. The summed E-state index contributed by atoms with van der Waals surface area (Å²) < 4.78 is 42.1. The van der Waals surface area contributed by atoms with E-state index in [1.165, 1.54) is 0 Å². The predicted octanol–water partition coefficient (Wildman–Crippen LogP) is 4.28. The van der Waals surface area contributed by atoms with E-state index in [9.17, 15) is 13.2 Å². The first kappa shape index (κ1) is 16.3. The number of rotatable bonds is 6. The third kappa shape index (κ3) is 6.82. The maximum Gasteiger partial charge on any atom is 0.392 e. The summed E-state index contributed by atoms with van der Waals surface area (Å²) in [4.78, 5) is 0. The molecule has 0 saturated heterocycles. The van der Waals surface area contributed by atoms with Crippen LogP contribution in [0.1, 0.15) is 25.8 Å². The molecule has 0 heterocycles. The summed E-state index contributed by atoms with van der Waals surface area (Å²) in [5.41, 5.74) is 0.957. The second-order valence-electron chi connectivity index (χ2n) is 4.50. The lowest BCUT2D eigenvalue weighted by molar-refractivity contribution is -0.139. The smallest absolute Gasteiger partial charge is 0.392 e. The number of halogens is 4. The molecule has 0 aliphatic heterocycles. The van der Waals surface area contributed by atoms with Gasteiger partial charge in [-0.05, 0) is 23.8 Å². The molecular weight excluding hydrogens is 323 g/mol. The first-order chi connectivity index (χ1) is 8.78. The van der Waals surface area contributed by atoms with Crippen LogP contribution < -0.4 is 10.1 Å². The molecule has 6 heteroatoms. The molecule has 1 aromatic carbocycles. The third-order valence-electron chi connectivity index (χ3n) is 2.37. The fourth-order valence-corrected chi connectivity index (χ4v) is 1.76. The number of alkyl halides is 3. The Hall–Kier alpha value is -0.750. The summed E-state index contributed by atoms with van der Waals surface area (Å²) in [6.45, 7) is 4.33. The number of benzene rings is 1. The number of ether oxygens (including phenoxy) is 1. The minimum Gasteiger partial charge on any atom is -0.493 e. The number of hydrogen-bond acceptors (Lipinski definition) is 2. The van der Waals surface area contributed by atoms with Crippen molar-refractivity contribution >= 4 is 15.9 Å². The average molecular weight is 340 g/mol. The molecule has 0 saturated carbocycles. The summed E-state index contributed by atoms with van der Waals surface area (Å²) in [6.07, 6.45) is -5.12. The van der Waals surface area contributed by atoms with Gasteiger partial charge >= 0.3 is 6.18 Å². The van der Waals surface area contributed by atoms with Crippen molar-refractivity contribution in [1.82, 2.24) is 5.32 Å². The van der Waals surface area contributed by atoms with Crippen LogP contribution in [0.3, 0.4) is 0 Å². The summed E-state index contributed by atoms with van der Waals surface area (Å²) in [7, 11) is 0. The highest BCUT2D eigenvalue weighted by molar-refractivity contribution is 9.10. The Labute approximate surface area is 119 Å². The van der Waals surface area contributed by atoms with Crippen LogP contribution in [0.5, 0.6) is 5.75 Å². The van der Waals surface area contributed by atoms with E-state index in [0.717, 1.165) is 10.0 Å². The molecule has 0 radical (unpaired) electrons. The number of nitrogens with one attached hydrogen (secondary N) is 1. The lowest BCUT2D eigenvalue weighted by Gasteiger charge is -2.13. The van der Waals surface area contributed by atoms with E-state index in [-0.39, 0.29) is 6.61 Å². The highest BCUT2D eigenvalue weighted by atomic mass is 79.9. The maximum absolute atomic E-state index is 12.0. The summed E-state index contributed by atoms with van der Waals surface area (Å²) in [5.74, 6) is 0.452. The monoisotopic (exact) mass is 339 g/mol. The van der Waals surface area contributed by atoms with Gasteiger partial charge in [0.1, 0.15) is 5.75 Å². The Morgan fingerprint density at radius 2 is 2.00 bits per heavy atom. The maximum atomic E-state index is 12.0. The van der Waals surface area contributed by atoms with Gasteiger partial charge in [0.05, 0.1) is 13.0 Å². The van der Waals surface area contributed by atoms with Gasteiger partial charge in [-0.2, -0.15) is 13.2 Å². The van der Waals surface area contributed by atoms with Crippen molar-refractivity contribution in [2.75, 3.05) is 6.61 Å². The van der Waals surface area contributed by atoms with Crippen LogP contribution in [-0.4, -0.2) is 18.8 Å². The van der Waals surface area contributed by atoms with Gasteiger partial charge in [0.25, 0.3) is 0 Å². The minimum atomic E-state index is -4.18. The molecule has 1 N–H and O–H groups in total. The van der Waals surface area contributed by atoms with Crippen molar-refractivity contribution in [2.45, 2.75) is 39.0 Å². The molecule has 0 atom stereocenters. The van der Waals surface area contributed by atoms with Crippen LogP contribution in [0.15, 0.2) is 22.7 Å². The molecule has 1 aromatic rings. The molecule has 0 aliphatic carbocycles. The van der Waals surface area contributed by atoms with E-state index in [0.29, 0.717) is 18.3 Å². The molecule has 108 valence electrons. The average Bonchev–Trinajstić information content (AvgIpc) is 2.27. The van der Waals surface area contributed by atoms with Crippen LogP contribution >= 0.6 is 15.9 Å². The molecular formula is C13H17BrF3NO. The second kappa shape index (κ2) is 7.14. The first-order valence-electron chi connectivity index (χ1n) is 5.99. The zero-order valence-electron chi connectivity index (χ0n) is 10.9.